The molecule has 0 spiro atoms. The number of nitrogens with one attached hydrogen (secondary N) is 1. The lowest BCUT2D eigenvalue weighted by molar-refractivity contribution is -0.120. The molecule has 1 amide bonds. The van der Waals surface area contributed by atoms with Crippen LogP contribution in [0.2, 0.25) is 0 Å². The fourth-order valence-electron chi connectivity index (χ4n) is 3.14. The van der Waals surface area contributed by atoms with Crippen molar-refractivity contribution < 1.29 is 9.59 Å². The van der Waals surface area contributed by atoms with E-state index in [0.717, 1.165) is 10.0 Å². The molecule has 132 valence electrons. The summed E-state index contributed by atoms with van der Waals surface area (Å²) < 4.78 is 0.739. The Morgan fingerprint density at radius 3 is 2.38 bits per heavy atom. The summed E-state index contributed by atoms with van der Waals surface area (Å²) in [7, 11) is 0. The molecule has 2 aromatic rings. The van der Waals surface area contributed by atoms with Crippen LogP contribution in [0.4, 0.5) is 5.69 Å². The fraction of sp³-hybridized carbons (Fsp3) is 0.286. The average Bonchev–Trinajstić information content (AvgIpc) is 2.90. The van der Waals surface area contributed by atoms with Gasteiger partial charge in [0.1, 0.15) is 0 Å². The quantitative estimate of drug-likeness (QED) is 0.733. The summed E-state index contributed by atoms with van der Waals surface area (Å²) in [6.45, 7) is 6.33. The van der Waals surface area contributed by atoms with E-state index in [1.165, 1.54) is 0 Å². The third kappa shape index (κ3) is 2.95. The molecule has 3 rings (SSSR count). The van der Waals surface area contributed by atoms with Crippen LogP contribution >= 0.6 is 15.9 Å². The number of hydrogen-bond acceptors (Lipinski definition) is 3. The normalized spacial score (nSPS) is 19.0. The number of anilines is 1. The first kappa shape index (κ1) is 18.3. The third-order valence-electron chi connectivity index (χ3n) is 4.78. The van der Waals surface area contributed by atoms with Crippen molar-refractivity contribution in [3.05, 3.63) is 63.6 Å². The van der Waals surface area contributed by atoms with Gasteiger partial charge in [-0.1, -0.05) is 61.0 Å². The van der Waals surface area contributed by atoms with Crippen molar-refractivity contribution in [1.82, 2.24) is 0 Å². The Morgan fingerprint density at radius 1 is 1.19 bits per heavy atom. The first-order valence-electron chi connectivity index (χ1n) is 8.34. The van der Waals surface area contributed by atoms with E-state index in [-0.39, 0.29) is 11.8 Å². The second-order valence-electron chi connectivity index (χ2n) is 7.57. The number of carbonyl (C=O) groups excluding carboxylic acids is 2. The lowest BCUT2D eigenvalue weighted by Crippen LogP contribution is -2.40. The van der Waals surface area contributed by atoms with Crippen molar-refractivity contribution in [2.45, 2.75) is 32.6 Å². The van der Waals surface area contributed by atoms with Gasteiger partial charge in [-0.3, -0.25) is 9.59 Å². The molecule has 1 N–H and O–H groups in total. The SMILES string of the molecule is CC(C)(C)c1ccc(NC(=O)[C@@]2(C#N)Cc3c(Br)cccc3C2=O)cc1. The number of amides is 1. The van der Waals surface area contributed by atoms with Gasteiger partial charge in [0.2, 0.25) is 5.41 Å². The molecule has 0 saturated heterocycles. The summed E-state index contributed by atoms with van der Waals surface area (Å²) in [5.41, 5.74) is 1.12. The van der Waals surface area contributed by atoms with E-state index in [4.69, 9.17) is 0 Å². The molecular weight excluding hydrogens is 392 g/mol. The molecule has 0 heterocycles. The van der Waals surface area contributed by atoms with Crippen molar-refractivity contribution in [3.8, 4) is 6.07 Å². The van der Waals surface area contributed by atoms with E-state index in [2.05, 4.69) is 42.0 Å². The van der Waals surface area contributed by atoms with Gasteiger partial charge in [-0.15, -0.1) is 0 Å². The van der Waals surface area contributed by atoms with Gasteiger partial charge in [-0.2, -0.15) is 5.26 Å². The predicted octanol–water partition coefficient (Wildman–Crippen LogP) is 4.63. The van der Waals surface area contributed by atoms with E-state index in [0.29, 0.717) is 16.8 Å². The summed E-state index contributed by atoms with van der Waals surface area (Å²) in [4.78, 5) is 25.7. The molecule has 0 aliphatic heterocycles. The number of rotatable bonds is 2. The van der Waals surface area contributed by atoms with Crippen LogP contribution < -0.4 is 5.32 Å². The highest BCUT2D eigenvalue weighted by molar-refractivity contribution is 9.10. The highest BCUT2D eigenvalue weighted by atomic mass is 79.9. The first-order chi connectivity index (χ1) is 12.2. The number of Topliss-reactive ketones (excluding diaryl/α,β-unsaturated/α-hetero) is 1. The van der Waals surface area contributed by atoms with Crippen LogP contribution in [-0.4, -0.2) is 11.7 Å². The van der Waals surface area contributed by atoms with E-state index in [1.807, 2.05) is 24.3 Å². The Bertz CT molecular complexity index is 936. The number of halogens is 1. The van der Waals surface area contributed by atoms with Gasteiger partial charge in [0.15, 0.2) is 5.78 Å². The third-order valence-corrected chi connectivity index (χ3v) is 5.52. The Labute approximate surface area is 161 Å². The molecular formula is C21H19BrN2O2. The number of fused-ring (bicyclic) bond motifs is 1. The van der Waals surface area contributed by atoms with Crippen molar-refractivity contribution in [2.24, 2.45) is 5.41 Å². The van der Waals surface area contributed by atoms with Crippen molar-refractivity contribution in [3.63, 3.8) is 0 Å². The Morgan fingerprint density at radius 2 is 1.85 bits per heavy atom. The molecule has 5 heteroatoms. The maximum absolute atomic E-state index is 12.9. The number of benzene rings is 2. The average molecular weight is 411 g/mol. The molecule has 0 radical (unpaired) electrons. The zero-order valence-electron chi connectivity index (χ0n) is 14.9. The van der Waals surface area contributed by atoms with Crippen LogP contribution in [0, 0.1) is 16.7 Å². The van der Waals surface area contributed by atoms with Crippen LogP contribution in [0.1, 0.15) is 42.3 Å². The molecule has 1 aliphatic rings. The van der Waals surface area contributed by atoms with Crippen LogP contribution in [0.15, 0.2) is 46.9 Å². The molecule has 26 heavy (non-hydrogen) atoms. The molecule has 0 bridgehead atoms. The van der Waals surface area contributed by atoms with Gasteiger partial charge in [0.25, 0.3) is 5.91 Å². The Hall–Kier alpha value is -2.45. The smallest absolute Gasteiger partial charge is 0.253 e. The first-order valence-corrected chi connectivity index (χ1v) is 9.14. The summed E-state index contributed by atoms with van der Waals surface area (Å²) in [5.74, 6) is -1.03. The molecule has 1 aliphatic carbocycles. The highest BCUT2D eigenvalue weighted by Gasteiger charge is 2.52. The van der Waals surface area contributed by atoms with E-state index < -0.39 is 17.1 Å². The monoisotopic (exact) mass is 410 g/mol. The van der Waals surface area contributed by atoms with Gasteiger partial charge in [0, 0.05) is 22.1 Å². The van der Waals surface area contributed by atoms with E-state index in [1.54, 1.807) is 24.3 Å². The number of carbonyl (C=O) groups is 2. The minimum absolute atomic E-state index is 0.00571. The highest BCUT2D eigenvalue weighted by Crippen LogP contribution is 2.40. The maximum Gasteiger partial charge on any atom is 0.253 e. The molecule has 0 unspecified atom stereocenters. The number of ketones is 1. The van der Waals surface area contributed by atoms with Crippen molar-refractivity contribution >= 4 is 33.3 Å². The number of nitriles is 1. The standard InChI is InChI=1S/C21H19BrN2O2/c1-20(2,3)13-7-9-14(10-8-13)24-19(26)21(12-23)11-16-15(18(21)25)5-4-6-17(16)22/h4-10H,11H2,1-3H3,(H,24,26)/t21-/m1/s1. The van der Waals surface area contributed by atoms with E-state index in [9.17, 15) is 14.9 Å². The van der Waals surface area contributed by atoms with Gasteiger partial charge in [-0.25, -0.2) is 0 Å². The lowest BCUT2D eigenvalue weighted by atomic mass is 9.84. The van der Waals surface area contributed by atoms with Gasteiger partial charge in [-0.05, 0) is 34.7 Å². The molecule has 2 aromatic carbocycles. The molecule has 0 saturated carbocycles. The minimum Gasteiger partial charge on any atom is -0.324 e. The predicted molar refractivity (Wildman–Crippen MR) is 104 cm³/mol. The number of nitrogens with zero attached hydrogens (tertiary/aromatic N) is 1. The van der Waals surface area contributed by atoms with Crippen LogP contribution in [0.3, 0.4) is 0 Å². The van der Waals surface area contributed by atoms with Crippen molar-refractivity contribution in [1.29, 1.82) is 5.26 Å². The summed E-state index contributed by atoms with van der Waals surface area (Å²) in [5, 5.41) is 12.4. The summed E-state index contributed by atoms with van der Waals surface area (Å²) >= 11 is 3.40. The molecule has 0 aromatic heterocycles. The Balaban J connectivity index is 1.89. The topological polar surface area (TPSA) is 70.0 Å². The fourth-order valence-corrected chi connectivity index (χ4v) is 3.65. The van der Waals surface area contributed by atoms with Gasteiger partial charge in [0.05, 0.1) is 6.07 Å². The zero-order chi connectivity index (χ0) is 19.1. The summed E-state index contributed by atoms with van der Waals surface area (Å²) in [6.07, 6.45) is 0.0744. The maximum atomic E-state index is 12.9. The molecule has 0 fully saturated rings. The number of hydrogen-bond donors (Lipinski definition) is 1. The van der Waals surface area contributed by atoms with E-state index >= 15 is 0 Å². The van der Waals surface area contributed by atoms with Crippen LogP contribution in [0.5, 0.6) is 0 Å². The lowest BCUT2D eigenvalue weighted by Gasteiger charge is -2.21. The zero-order valence-corrected chi connectivity index (χ0v) is 16.5. The second kappa shape index (κ2) is 6.37. The van der Waals surface area contributed by atoms with Gasteiger partial charge >= 0.3 is 0 Å². The molecule has 1 atom stereocenters. The Kier molecular flexibility index (Phi) is 4.49. The van der Waals surface area contributed by atoms with Gasteiger partial charge < -0.3 is 5.32 Å². The van der Waals surface area contributed by atoms with Crippen LogP contribution in [-0.2, 0) is 16.6 Å². The molecule has 4 nitrogen and oxygen atoms in total. The summed E-state index contributed by atoms with van der Waals surface area (Å²) in [6, 6.07) is 14.7. The second-order valence-corrected chi connectivity index (χ2v) is 8.42. The van der Waals surface area contributed by atoms with Crippen LogP contribution in [0.25, 0.3) is 0 Å². The minimum atomic E-state index is -1.73. The largest absolute Gasteiger partial charge is 0.324 e. The van der Waals surface area contributed by atoms with Crippen molar-refractivity contribution in [2.75, 3.05) is 5.32 Å².